The summed E-state index contributed by atoms with van der Waals surface area (Å²) < 4.78 is 23.7. The summed E-state index contributed by atoms with van der Waals surface area (Å²) in [7, 11) is -3.03. The lowest BCUT2D eigenvalue weighted by molar-refractivity contribution is -0.117. The molecular formula is C23H29N3O4S. The van der Waals surface area contributed by atoms with Crippen LogP contribution < -0.4 is 10.6 Å². The summed E-state index contributed by atoms with van der Waals surface area (Å²) in [5, 5.41) is 5.69. The summed E-state index contributed by atoms with van der Waals surface area (Å²) in [6.07, 6.45) is 1.37. The van der Waals surface area contributed by atoms with Gasteiger partial charge in [-0.3, -0.25) is 14.5 Å². The topological polar surface area (TPSA) is 95.6 Å². The Bertz CT molecular complexity index is 1050. The van der Waals surface area contributed by atoms with Gasteiger partial charge in [-0.15, -0.1) is 0 Å². The highest BCUT2D eigenvalue weighted by molar-refractivity contribution is 7.91. The lowest BCUT2D eigenvalue weighted by Crippen LogP contribution is -2.42. The van der Waals surface area contributed by atoms with E-state index >= 15 is 0 Å². The van der Waals surface area contributed by atoms with Gasteiger partial charge in [0.15, 0.2) is 9.84 Å². The zero-order valence-corrected chi connectivity index (χ0v) is 18.7. The molecule has 1 aliphatic heterocycles. The Hall–Kier alpha value is -2.71. The SMILES string of the molecule is CCCN(CC(=O)Nc1ccccc1C(=O)Nc1cccc(C)c1)C1CCS(=O)(=O)C1. The van der Waals surface area contributed by atoms with Crippen LogP contribution in [0.25, 0.3) is 0 Å². The number of hydrogen-bond donors (Lipinski definition) is 2. The van der Waals surface area contributed by atoms with E-state index in [2.05, 4.69) is 10.6 Å². The van der Waals surface area contributed by atoms with Gasteiger partial charge in [0.05, 0.1) is 29.3 Å². The van der Waals surface area contributed by atoms with Gasteiger partial charge in [0.25, 0.3) is 5.91 Å². The molecule has 2 amide bonds. The number of nitrogens with zero attached hydrogens (tertiary/aromatic N) is 1. The fourth-order valence-corrected chi connectivity index (χ4v) is 5.59. The van der Waals surface area contributed by atoms with Gasteiger partial charge in [0.2, 0.25) is 5.91 Å². The van der Waals surface area contributed by atoms with Crippen LogP contribution in [-0.2, 0) is 14.6 Å². The largest absolute Gasteiger partial charge is 0.324 e. The van der Waals surface area contributed by atoms with Crippen LogP contribution in [0.3, 0.4) is 0 Å². The lowest BCUT2D eigenvalue weighted by atomic mass is 10.1. The summed E-state index contributed by atoms with van der Waals surface area (Å²) in [6, 6.07) is 14.2. The summed E-state index contributed by atoms with van der Waals surface area (Å²) in [5.41, 5.74) is 2.50. The molecule has 31 heavy (non-hydrogen) atoms. The fraction of sp³-hybridized carbons (Fsp3) is 0.391. The van der Waals surface area contributed by atoms with Crippen LogP contribution in [-0.4, -0.2) is 55.8 Å². The molecule has 1 saturated heterocycles. The Morgan fingerprint density at radius 1 is 1.10 bits per heavy atom. The van der Waals surface area contributed by atoms with E-state index in [1.165, 1.54) is 0 Å². The molecular weight excluding hydrogens is 414 g/mol. The second-order valence-electron chi connectivity index (χ2n) is 7.94. The highest BCUT2D eigenvalue weighted by Crippen LogP contribution is 2.20. The van der Waals surface area contributed by atoms with E-state index in [1.54, 1.807) is 24.3 Å². The molecule has 2 aromatic rings. The first kappa shape index (κ1) is 23.0. The monoisotopic (exact) mass is 443 g/mol. The number of carbonyl (C=O) groups excluding carboxylic acids is 2. The Morgan fingerprint density at radius 2 is 1.87 bits per heavy atom. The van der Waals surface area contributed by atoms with Crippen molar-refractivity contribution in [2.45, 2.75) is 32.7 Å². The van der Waals surface area contributed by atoms with Crippen molar-refractivity contribution in [2.24, 2.45) is 0 Å². The third-order valence-electron chi connectivity index (χ3n) is 5.30. The molecule has 0 bridgehead atoms. The number of sulfone groups is 1. The van der Waals surface area contributed by atoms with E-state index in [-0.39, 0.29) is 35.9 Å². The zero-order chi connectivity index (χ0) is 22.4. The van der Waals surface area contributed by atoms with Crippen molar-refractivity contribution < 1.29 is 18.0 Å². The molecule has 1 atom stereocenters. The Balaban J connectivity index is 1.69. The first-order valence-electron chi connectivity index (χ1n) is 10.5. The Morgan fingerprint density at radius 3 is 2.55 bits per heavy atom. The van der Waals surface area contributed by atoms with Gasteiger partial charge in [0, 0.05) is 11.7 Å². The number of hydrogen-bond acceptors (Lipinski definition) is 5. The predicted octanol–water partition coefficient (Wildman–Crippen LogP) is 3.08. The van der Waals surface area contributed by atoms with Gasteiger partial charge in [0.1, 0.15) is 0 Å². The molecule has 1 fully saturated rings. The van der Waals surface area contributed by atoms with Crippen molar-refractivity contribution in [2.75, 3.05) is 35.2 Å². The molecule has 0 radical (unpaired) electrons. The third-order valence-corrected chi connectivity index (χ3v) is 7.05. The zero-order valence-electron chi connectivity index (χ0n) is 17.9. The summed E-state index contributed by atoms with van der Waals surface area (Å²) >= 11 is 0. The number of benzene rings is 2. The first-order chi connectivity index (χ1) is 14.8. The Kier molecular flexibility index (Phi) is 7.46. The second kappa shape index (κ2) is 10.1. The number of carbonyl (C=O) groups is 2. The van der Waals surface area contributed by atoms with Crippen molar-refractivity contribution in [1.82, 2.24) is 4.90 Å². The quantitative estimate of drug-likeness (QED) is 0.654. The number of rotatable bonds is 8. The Labute approximate surface area is 183 Å². The van der Waals surface area contributed by atoms with Gasteiger partial charge >= 0.3 is 0 Å². The smallest absolute Gasteiger partial charge is 0.257 e. The number of anilines is 2. The van der Waals surface area contributed by atoms with Crippen molar-refractivity contribution in [3.05, 3.63) is 59.7 Å². The van der Waals surface area contributed by atoms with Crippen molar-refractivity contribution in [3.8, 4) is 0 Å². The van der Waals surface area contributed by atoms with Crippen LogP contribution >= 0.6 is 0 Å². The molecule has 1 heterocycles. The molecule has 2 N–H and O–H groups in total. The van der Waals surface area contributed by atoms with Crippen LogP contribution in [0.4, 0.5) is 11.4 Å². The molecule has 0 aromatic heterocycles. The minimum Gasteiger partial charge on any atom is -0.324 e. The molecule has 1 aliphatic rings. The molecule has 166 valence electrons. The van der Waals surface area contributed by atoms with Gasteiger partial charge in [-0.2, -0.15) is 0 Å². The summed E-state index contributed by atoms with van der Waals surface area (Å²) in [6.45, 7) is 4.67. The van der Waals surface area contributed by atoms with Crippen LogP contribution in [0.15, 0.2) is 48.5 Å². The van der Waals surface area contributed by atoms with Gasteiger partial charge in [-0.05, 0) is 56.1 Å². The average Bonchev–Trinajstić information content (AvgIpc) is 3.07. The van der Waals surface area contributed by atoms with Gasteiger partial charge in [-0.25, -0.2) is 8.42 Å². The van der Waals surface area contributed by atoms with Crippen molar-refractivity contribution in [1.29, 1.82) is 0 Å². The van der Waals surface area contributed by atoms with Crippen LogP contribution in [0, 0.1) is 6.92 Å². The maximum absolute atomic E-state index is 12.8. The average molecular weight is 444 g/mol. The molecule has 8 heteroatoms. The van der Waals surface area contributed by atoms with Crippen LogP contribution in [0.5, 0.6) is 0 Å². The molecule has 7 nitrogen and oxygen atoms in total. The molecule has 1 unspecified atom stereocenters. The minimum absolute atomic E-state index is 0.0852. The normalized spacial score (nSPS) is 17.5. The summed E-state index contributed by atoms with van der Waals surface area (Å²) in [5.74, 6) is -0.320. The maximum Gasteiger partial charge on any atom is 0.257 e. The number of para-hydroxylation sites is 1. The molecule has 3 rings (SSSR count). The standard InChI is InChI=1S/C23H29N3O4S/c1-3-12-26(19-11-13-31(29,30)16-19)15-22(27)25-21-10-5-4-9-20(21)23(28)24-18-8-6-7-17(2)14-18/h4-10,14,19H,3,11-13,15-16H2,1-2H3,(H,24,28)(H,25,27). The van der Waals surface area contributed by atoms with E-state index in [0.29, 0.717) is 29.9 Å². The molecule has 0 saturated carbocycles. The van der Waals surface area contributed by atoms with Gasteiger partial charge < -0.3 is 10.6 Å². The highest BCUT2D eigenvalue weighted by atomic mass is 32.2. The number of amides is 2. The maximum atomic E-state index is 12.8. The molecule has 0 spiro atoms. The lowest BCUT2D eigenvalue weighted by Gasteiger charge is -2.27. The van der Waals surface area contributed by atoms with E-state index in [9.17, 15) is 18.0 Å². The van der Waals surface area contributed by atoms with Crippen molar-refractivity contribution in [3.63, 3.8) is 0 Å². The number of aryl methyl sites for hydroxylation is 1. The number of nitrogens with one attached hydrogen (secondary N) is 2. The van der Waals surface area contributed by atoms with E-state index < -0.39 is 9.84 Å². The van der Waals surface area contributed by atoms with E-state index in [1.807, 2.05) is 43.0 Å². The van der Waals surface area contributed by atoms with Gasteiger partial charge in [-0.1, -0.05) is 31.2 Å². The highest BCUT2D eigenvalue weighted by Gasteiger charge is 2.32. The van der Waals surface area contributed by atoms with E-state index in [0.717, 1.165) is 12.0 Å². The van der Waals surface area contributed by atoms with Crippen LogP contribution in [0.1, 0.15) is 35.7 Å². The molecule has 0 aliphatic carbocycles. The third kappa shape index (κ3) is 6.38. The molecule has 2 aromatic carbocycles. The first-order valence-corrected chi connectivity index (χ1v) is 12.3. The van der Waals surface area contributed by atoms with Crippen molar-refractivity contribution >= 4 is 33.0 Å². The van der Waals surface area contributed by atoms with Crippen LogP contribution in [0.2, 0.25) is 0 Å². The predicted molar refractivity (Wildman–Crippen MR) is 123 cm³/mol. The second-order valence-corrected chi connectivity index (χ2v) is 10.2. The minimum atomic E-state index is -3.03. The fourth-order valence-electron chi connectivity index (χ4n) is 3.83. The summed E-state index contributed by atoms with van der Waals surface area (Å²) in [4.78, 5) is 27.5. The van der Waals surface area contributed by atoms with E-state index in [4.69, 9.17) is 0 Å².